The molecule has 4 nitrogen and oxygen atoms in total. The van der Waals surface area contributed by atoms with E-state index in [-0.39, 0.29) is 6.61 Å². The van der Waals surface area contributed by atoms with Crippen LogP contribution in [0.25, 0.3) is 11.3 Å². The molecule has 3 aromatic rings. The molecule has 0 aliphatic heterocycles. The predicted octanol–water partition coefficient (Wildman–Crippen LogP) is 3.75. The van der Waals surface area contributed by atoms with E-state index in [2.05, 4.69) is 20.9 Å². The van der Waals surface area contributed by atoms with Crippen molar-refractivity contribution in [3.8, 4) is 17.0 Å². The molecule has 118 valence electrons. The van der Waals surface area contributed by atoms with E-state index in [1.54, 1.807) is 6.33 Å². The number of hydrogen-bond acceptors (Lipinski definition) is 3. The normalized spacial score (nSPS) is 12.1. The number of rotatable bonds is 6. The van der Waals surface area contributed by atoms with Crippen molar-refractivity contribution in [3.63, 3.8) is 0 Å². The molecular weight excluding hydrogens is 356 g/mol. The molecule has 0 spiro atoms. The van der Waals surface area contributed by atoms with Gasteiger partial charge in [-0.15, -0.1) is 0 Å². The first-order valence-corrected chi connectivity index (χ1v) is 8.13. The molecule has 1 heterocycles. The van der Waals surface area contributed by atoms with Gasteiger partial charge in [-0.1, -0.05) is 46.3 Å². The maximum absolute atomic E-state index is 10.1. The maximum Gasteiger partial charge on any atom is 0.119 e. The van der Waals surface area contributed by atoms with Crippen LogP contribution in [0.4, 0.5) is 0 Å². The number of aliphatic hydroxyl groups is 1. The summed E-state index contributed by atoms with van der Waals surface area (Å²) < 4.78 is 8.45. The molecule has 1 aromatic heterocycles. The van der Waals surface area contributed by atoms with Gasteiger partial charge in [-0.3, -0.25) is 0 Å². The molecule has 0 aliphatic carbocycles. The monoisotopic (exact) mass is 372 g/mol. The van der Waals surface area contributed by atoms with E-state index >= 15 is 0 Å². The molecule has 0 radical (unpaired) electrons. The lowest BCUT2D eigenvalue weighted by Gasteiger charge is -2.12. The van der Waals surface area contributed by atoms with Crippen molar-refractivity contribution in [1.29, 1.82) is 0 Å². The second-order valence-corrected chi connectivity index (χ2v) is 6.16. The highest BCUT2D eigenvalue weighted by Gasteiger charge is 2.08. The van der Waals surface area contributed by atoms with Crippen LogP contribution in [0.2, 0.25) is 0 Å². The summed E-state index contributed by atoms with van der Waals surface area (Å²) in [6.07, 6.45) is 3.06. The number of imidazole rings is 1. The Hall–Kier alpha value is -2.11. The topological polar surface area (TPSA) is 47.3 Å². The highest BCUT2D eigenvalue weighted by atomic mass is 79.9. The minimum Gasteiger partial charge on any atom is -0.491 e. The third kappa shape index (κ3) is 4.43. The van der Waals surface area contributed by atoms with E-state index < -0.39 is 6.10 Å². The van der Waals surface area contributed by atoms with Crippen LogP contribution in [0, 0.1) is 0 Å². The molecule has 1 unspecified atom stereocenters. The first-order chi connectivity index (χ1) is 11.2. The molecule has 0 bridgehead atoms. The van der Waals surface area contributed by atoms with Gasteiger partial charge < -0.3 is 14.4 Å². The molecule has 2 aromatic carbocycles. The van der Waals surface area contributed by atoms with E-state index in [0.717, 1.165) is 21.5 Å². The van der Waals surface area contributed by atoms with E-state index in [9.17, 15) is 5.11 Å². The predicted molar refractivity (Wildman–Crippen MR) is 93.3 cm³/mol. The van der Waals surface area contributed by atoms with Crippen LogP contribution < -0.4 is 4.74 Å². The Balaban J connectivity index is 1.55. The van der Waals surface area contributed by atoms with Crippen LogP contribution in [0.3, 0.4) is 0 Å². The number of halogens is 1. The number of aliphatic hydroxyl groups excluding tert-OH is 1. The minimum atomic E-state index is -0.600. The second-order valence-electron chi connectivity index (χ2n) is 5.24. The van der Waals surface area contributed by atoms with Crippen molar-refractivity contribution in [2.24, 2.45) is 0 Å². The highest BCUT2D eigenvalue weighted by molar-refractivity contribution is 9.10. The average Bonchev–Trinajstić information content (AvgIpc) is 3.04. The van der Waals surface area contributed by atoms with Gasteiger partial charge in [-0.05, 0) is 24.3 Å². The Labute approximate surface area is 143 Å². The second kappa shape index (κ2) is 7.44. The van der Waals surface area contributed by atoms with Crippen LogP contribution in [-0.4, -0.2) is 27.4 Å². The molecule has 3 rings (SSSR count). The maximum atomic E-state index is 10.1. The highest BCUT2D eigenvalue weighted by Crippen LogP contribution is 2.17. The Kier molecular flexibility index (Phi) is 5.10. The Morgan fingerprint density at radius 2 is 1.83 bits per heavy atom. The fraction of sp³-hybridized carbons (Fsp3) is 0.167. The zero-order chi connectivity index (χ0) is 16.1. The molecule has 0 fully saturated rings. The molecule has 0 aliphatic rings. The summed E-state index contributed by atoms with van der Waals surface area (Å²) in [5.41, 5.74) is 1.96. The summed E-state index contributed by atoms with van der Waals surface area (Å²) in [4.78, 5) is 4.37. The van der Waals surface area contributed by atoms with Crippen LogP contribution >= 0.6 is 15.9 Å². The molecule has 1 N–H and O–H groups in total. The third-order valence-corrected chi connectivity index (χ3v) is 3.91. The van der Waals surface area contributed by atoms with Crippen LogP contribution in [-0.2, 0) is 6.54 Å². The average molecular weight is 373 g/mol. The van der Waals surface area contributed by atoms with Gasteiger partial charge in [0.2, 0.25) is 0 Å². The molecule has 0 saturated carbocycles. The molecular formula is C18H17BrN2O2. The standard InChI is InChI=1S/C18H17BrN2O2/c19-15-6-8-17(9-7-15)23-12-16(22)10-21-11-18(20-13-21)14-4-2-1-3-5-14/h1-9,11,13,16,22H,10,12H2. The fourth-order valence-corrected chi connectivity index (χ4v) is 2.50. The van der Waals surface area contributed by atoms with Gasteiger partial charge in [-0.2, -0.15) is 0 Å². The Bertz CT molecular complexity index is 741. The number of aromatic nitrogens is 2. The third-order valence-electron chi connectivity index (χ3n) is 3.38. The summed E-state index contributed by atoms with van der Waals surface area (Å²) >= 11 is 3.38. The summed E-state index contributed by atoms with van der Waals surface area (Å²) in [5.74, 6) is 0.739. The fourth-order valence-electron chi connectivity index (χ4n) is 2.24. The van der Waals surface area contributed by atoms with Gasteiger partial charge in [0.15, 0.2) is 0 Å². The van der Waals surface area contributed by atoms with Crippen LogP contribution in [0.15, 0.2) is 71.6 Å². The summed E-state index contributed by atoms with van der Waals surface area (Å²) in [6.45, 7) is 0.677. The summed E-state index contributed by atoms with van der Waals surface area (Å²) in [6, 6.07) is 17.5. The van der Waals surface area contributed by atoms with E-state index in [1.165, 1.54) is 0 Å². The molecule has 1 atom stereocenters. The van der Waals surface area contributed by atoms with Crippen molar-refractivity contribution in [2.45, 2.75) is 12.6 Å². The van der Waals surface area contributed by atoms with Gasteiger partial charge in [0.05, 0.1) is 18.6 Å². The zero-order valence-corrected chi connectivity index (χ0v) is 14.1. The van der Waals surface area contributed by atoms with Crippen molar-refractivity contribution < 1.29 is 9.84 Å². The van der Waals surface area contributed by atoms with Crippen molar-refractivity contribution >= 4 is 15.9 Å². The van der Waals surface area contributed by atoms with Gasteiger partial charge in [0.25, 0.3) is 0 Å². The quantitative estimate of drug-likeness (QED) is 0.716. The number of benzene rings is 2. The molecule has 5 heteroatoms. The van der Waals surface area contributed by atoms with E-state index in [0.29, 0.717) is 6.54 Å². The van der Waals surface area contributed by atoms with E-state index in [4.69, 9.17) is 4.74 Å². The van der Waals surface area contributed by atoms with Gasteiger partial charge in [-0.25, -0.2) is 4.98 Å². The first kappa shape index (κ1) is 15.8. The van der Waals surface area contributed by atoms with Crippen LogP contribution in [0.5, 0.6) is 5.75 Å². The smallest absolute Gasteiger partial charge is 0.119 e. The number of nitrogens with zero attached hydrogens (tertiary/aromatic N) is 2. The minimum absolute atomic E-state index is 0.237. The summed E-state index contributed by atoms with van der Waals surface area (Å²) in [7, 11) is 0. The largest absolute Gasteiger partial charge is 0.491 e. The van der Waals surface area contributed by atoms with Crippen molar-refractivity contribution in [3.05, 3.63) is 71.6 Å². The van der Waals surface area contributed by atoms with Gasteiger partial charge in [0.1, 0.15) is 18.5 Å². The van der Waals surface area contributed by atoms with Crippen molar-refractivity contribution in [1.82, 2.24) is 9.55 Å². The Morgan fingerprint density at radius 3 is 2.57 bits per heavy atom. The zero-order valence-electron chi connectivity index (χ0n) is 12.5. The summed E-state index contributed by atoms with van der Waals surface area (Å²) in [5, 5.41) is 10.1. The SMILES string of the molecule is OC(COc1ccc(Br)cc1)Cn1cnc(-c2ccccc2)c1. The van der Waals surface area contributed by atoms with Gasteiger partial charge in [0, 0.05) is 16.2 Å². The lowest BCUT2D eigenvalue weighted by molar-refractivity contribution is 0.0925. The number of ether oxygens (including phenoxy) is 1. The van der Waals surface area contributed by atoms with Gasteiger partial charge >= 0.3 is 0 Å². The number of hydrogen-bond donors (Lipinski definition) is 1. The Morgan fingerprint density at radius 1 is 1.09 bits per heavy atom. The molecule has 0 amide bonds. The van der Waals surface area contributed by atoms with Crippen LogP contribution in [0.1, 0.15) is 0 Å². The molecule has 23 heavy (non-hydrogen) atoms. The lowest BCUT2D eigenvalue weighted by atomic mass is 10.2. The van der Waals surface area contributed by atoms with E-state index in [1.807, 2.05) is 65.4 Å². The lowest BCUT2D eigenvalue weighted by Crippen LogP contribution is -2.22. The molecule has 0 saturated heterocycles. The van der Waals surface area contributed by atoms with Crippen molar-refractivity contribution in [2.75, 3.05) is 6.61 Å². The first-order valence-electron chi connectivity index (χ1n) is 7.34.